The Kier molecular flexibility index (Phi) is 4.11. The maximum atomic E-state index is 12.8. The normalized spacial score (nSPS) is 25.3. The van der Waals surface area contributed by atoms with Crippen LogP contribution >= 0.6 is 0 Å². The topological polar surface area (TPSA) is 66.8 Å². The third-order valence-corrected chi connectivity index (χ3v) is 6.67. The molecular weight excluding hydrogens is 354 g/mol. The highest BCUT2D eigenvalue weighted by atomic mass is 16.6. The number of ether oxygens (including phenoxy) is 1. The van der Waals surface area contributed by atoms with Crippen molar-refractivity contribution in [1.29, 1.82) is 0 Å². The van der Waals surface area contributed by atoms with Crippen molar-refractivity contribution in [3.63, 3.8) is 0 Å². The van der Waals surface area contributed by atoms with Crippen LogP contribution in [0.5, 0.6) is 0 Å². The van der Waals surface area contributed by atoms with Crippen LogP contribution in [-0.2, 0) is 9.53 Å². The molecule has 6 rings (SSSR count). The maximum Gasteiger partial charge on any atom is 0.410 e. The second kappa shape index (κ2) is 6.66. The summed E-state index contributed by atoms with van der Waals surface area (Å²) in [7, 11) is 0. The average Bonchev–Trinajstić information content (AvgIpc) is 3.06. The fourth-order valence-corrected chi connectivity index (χ4v) is 5.35. The number of aliphatic carboxylic acids is 1. The molecule has 5 heteroatoms. The number of hydrogen-bond donors (Lipinski definition) is 1. The van der Waals surface area contributed by atoms with Crippen molar-refractivity contribution >= 4 is 12.1 Å². The molecule has 2 aromatic carbocycles. The van der Waals surface area contributed by atoms with Gasteiger partial charge in [0.1, 0.15) is 6.61 Å². The maximum absolute atomic E-state index is 12.8. The number of benzene rings is 2. The summed E-state index contributed by atoms with van der Waals surface area (Å²) in [5.74, 6) is -0.973. The Morgan fingerprint density at radius 2 is 1.64 bits per heavy atom. The molecule has 28 heavy (non-hydrogen) atoms. The number of piperidine rings is 2. The highest BCUT2D eigenvalue weighted by Gasteiger charge is 2.46. The lowest BCUT2D eigenvalue weighted by atomic mass is 9.73. The van der Waals surface area contributed by atoms with Gasteiger partial charge >= 0.3 is 12.1 Å². The number of carboxylic acids is 1. The minimum Gasteiger partial charge on any atom is -0.481 e. The fourth-order valence-electron chi connectivity index (χ4n) is 5.35. The molecule has 0 spiro atoms. The first-order valence-electron chi connectivity index (χ1n) is 9.98. The Balaban J connectivity index is 1.34. The number of fused-ring (bicyclic) bond motifs is 6. The van der Waals surface area contributed by atoms with Crippen molar-refractivity contribution in [2.24, 2.45) is 11.8 Å². The Morgan fingerprint density at radius 1 is 1.00 bits per heavy atom. The van der Waals surface area contributed by atoms with Gasteiger partial charge in [-0.2, -0.15) is 0 Å². The number of carbonyl (C=O) groups excluding carboxylic acids is 1. The zero-order chi connectivity index (χ0) is 19.3. The minimum absolute atomic E-state index is 0.0219. The lowest BCUT2D eigenvalue weighted by Gasteiger charge is -2.47. The van der Waals surface area contributed by atoms with E-state index in [2.05, 4.69) is 24.3 Å². The first-order valence-corrected chi connectivity index (χ1v) is 9.98. The van der Waals surface area contributed by atoms with E-state index in [9.17, 15) is 14.7 Å². The highest BCUT2D eigenvalue weighted by Crippen LogP contribution is 2.45. The molecule has 2 aliphatic heterocycles. The third kappa shape index (κ3) is 2.68. The Labute approximate surface area is 163 Å². The van der Waals surface area contributed by atoms with Gasteiger partial charge in [0, 0.05) is 18.5 Å². The largest absolute Gasteiger partial charge is 0.481 e. The Bertz CT molecular complexity index is 894. The number of carbonyl (C=O) groups is 2. The van der Waals surface area contributed by atoms with E-state index < -0.39 is 11.9 Å². The number of carboxylic acid groups (broad SMARTS) is 1. The van der Waals surface area contributed by atoms with E-state index >= 15 is 0 Å². The van der Waals surface area contributed by atoms with Crippen molar-refractivity contribution in [3.05, 3.63) is 59.7 Å². The molecule has 2 aromatic rings. The van der Waals surface area contributed by atoms with Crippen molar-refractivity contribution < 1.29 is 19.4 Å². The van der Waals surface area contributed by atoms with Gasteiger partial charge in [-0.05, 0) is 47.4 Å². The quantitative estimate of drug-likeness (QED) is 0.874. The summed E-state index contributed by atoms with van der Waals surface area (Å²) < 4.78 is 5.75. The molecule has 2 saturated heterocycles. The molecule has 3 fully saturated rings. The molecule has 3 atom stereocenters. The predicted octanol–water partition coefficient (Wildman–Crippen LogP) is 4.12. The number of rotatable bonds is 3. The van der Waals surface area contributed by atoms with E-state index in [4.69, 9.17) is 4.74 Å². The summed E-state index contributed by atoms with van der Waals surface area (Å²) in [4.78, 5) is 26.1. The molecule has 0 radical (unpaired) electrons. The molecule has 2 aliphatic carbocycles. The standard InChI is InChI=1S/C23H23NO4/c25-22(26)19-11-14-9-10-21(19)24(12-14)23(27)28-13-20-17-7-3-1-5-15(17)16-6-2-4-8-18(16)20/h1-8,14,19-21H,9-13H2,(H,25,26)/t14-,19-,21+/m1/s1. The molecule has 0 unspecified atom stereocenters. The van der Waals surface area contributed by atoms with Crippen LogP contribution in [0.4, 0.5) is 4.79 Å². The molecule has 144 valence electrons. The van der Waals surface area contributed by atoms with Gasteiger partial charge in [-0.15, -0.1) is 0 Å². The van der Waals surface area contributed by atoms with E-state index in [0.717, 1.165) is 12.8 Å². The predicted molar refractivity (Wildman–Crippen MR) is 104 cm³/mol. The van der Waals surface area contributed by atoms with Crippen LogP contribution < -0.4 is 0 Å². The first kappa shape index (κ1) is 17.3. The SMILES string of the molecule is O=C(O)[C@@H]1C[C@H]2CC[C@@H]1N(C(=O)OCC1c3ccccc3-c3ccccc31)C2. The van der Waals surface area contributed by atoms with E-state index in [0.29, 0.717) is 13.0 Å². The Morgan fingerprint density at radius 3 is 2.25 bits per heavy atom. The van der Waals surface area contributed by atoms with Gasteiger partial charge in [-0.3, -0.25) is 4.79 Å². The van der Waals surface area contributed by atoms with Crippen LogP contribution in [-0.4, -0.2) is 41.3 Å². The molecular formula is C23H23NO4. The monoisotopic (exact) mass is 377 g/mol. The zero-order valence-corrected chi connectivity index (χ0v) is 15.6. The second-order valence-corrected chi connectivity index (χ2v) is 8.15. The zero-order valence-electron chi connectivity index (χ0n) is 15.6. The molecule has 5 nitrogen and oxygen atoms in total. The van der Waals surface area contributed by atoms with E-state index in [1.54, 1.807) is 4.90 Å². The van der Waals surface area contributed by atoms with Crippen LogP contribution in [0, 0.1) is 11.8 Å². The third-order valence-electron chi connectivity index (χ3n) is 6.67. The first-order chi connectivity index (χ1) is 13.6. The van der Waals surface area contributed by atoms with Crippen LogP contribution in [0.25, 0.3) is 11.1 Å². The molecule has 2 heterocycles. The number of hydrogen-bond acceptors (Lipinski definition) is 3. The molecule has 1 amide bonds. The second-order valence-electron chi connectivity index (χ2n) is 8.15. The average molecular weight is 377 g/mol. The molecule has 1 saturated carbocycles. The fraction of sp³-hybridized carbons (Fsp3) is 0.391. The van der Waals surface area contributed by atoms with Gasteiger partial charge in [-0.1, -0.05) is 48.5 Å². The smallest absolute Gasteiger partial charge is 0.410 e. The van der Waals surface area contributed by atoms with Crippen molar-refractivity contribution in [1.82, 2.24) is 4.90 Å². The number of amides is 1. The van der Waals surface area contributed by atoms with Gasteiger partial charge in [0.05, 0.1) is 5.92 Å². The van der Waals surface area contributed by atoms with Crippen LogP contribution in [0.1, 0.15) is 36.3 Å². The summed E-state index contributed by atoms with van der Waals surface area (Å²) in [6.07, 6.45) is 2.06. The lowest BCUT2D eigenvalue weighted by molar-refractivity contribution is -0.149. The Hall–Kier alpha value is -2.82. The highest BCUT2D eigenvalue weighted by molar-refractivity contribution is 5.79. The van der Waals surface area contributed by atoms with Crippen molar-refractivity contribution in [2.75, 3.05) is 13.2 Å². The van der Waals surface area contributed by atoms with Gasteiger partial charge < -0.3 is 14.7 Å². The lowest BCUT2D eigenvalue weighted by Crippen LogP contribution is -2.57. The molecule has 2 bridgehead atoms. The number of nitrogens with zero attached hydrogens (tertiary/aromatic N) is 1. The van der Waals surface area contributed by atoms with Gasteiger partial charge in [0.2, 0.25) is 0 Å². The van der Waals surface area contributed by atoms with Crippen LogP contribution in [0.15, 0.2) is 48.5 Å². The summed E-state index contributed by atoms with van der Waals surface area (Å²) in [6, 6.07) is 16.3. The molecule has 1 N–H and O–H groups in total. The van der Waals surface area contributed by atoms with Gasteiger partial charge in [0.15, 0.2) is 0 Å². The molecule has 4 aliphatic rings. The summed E-state index contributed by atoms with van der Waals surface area (Å²) in [6.45, 7) is 0.892. The minimum atomic E-state index is -0.800. The van der Waals surface area contributed by atoms with Gasteiger partial charge in [-0.25, -0.2) is 4.79 Å². The summed E-state index contributed by atoms with van der Waals surface area (Å²) in [5.41, 5.74) is 4.75. The molecule has 0 aromatic heterocycles. The van der Waals surface area contributed by atoms with E-state index in [1.165, 1.54) is 22.3 Å². The van der Waals surface area contributed by atoms with E-state index in [1.807, 2.05) is 24.3 Å². The van der Waals surface area contributed by atoms with Gasteiger partial charge in [0.25, 0.3) is 0 Å². The summed E-state index contributed by atoms with van der Waals surface area (Å²) in [5, 5.41) is 9.50. The van der Waals surface area contributed by atoms with Crippen LogP contribution in [0.3, 0.4) is 0 Å². The van der Waals surface area contributed by atoms with Crippen LogP contribution in [0.2, 0.25) is 0 Å². The van der Waals surface area contributed by atoms with E-state index in [-0.39, 0.29) is 30.6 Å². The summed E-state index contributed by atoms with van der Waals surface area (Å²) >= 11 is 0. The van der Waals surface area contributed by atoms with Crippen molar-refractivity contribution in [2.45, 2.75) is 31.2 Å². The van der Waals surface area contributed by atoms with Crippen molar-refractivity contribution in [3.8, 4) is 11.1 Å².